The standard InChI is InChI=1S/C9H15N5O/c1-14(2)9(15)11-7-6-10-8-4-3-5-12-13-8/h3-5H,6-7H2,1-2H3,(H,10,13)(H,11,15). The normalized spacial score (nSPS) is 9.47. The molecule has 1 aromatic rings. The summed E-state index contributed by atoms with van der Waals surface area (Å²) in [5, 5.41) is 13.3. The second-order valence-electron chi connectivity index (χ2n) is 3.16. The van der Waals surface area contributed by atoms with Crippen LogP contribution in [-0.2, 0) is 0 Å². The Labute approximate surface area is 88.7 Å². The van der Waals surface area contributed by atoms with Gasteiger partial charge in [0.15, 0.2) is 0 Å². The van der Waals surface area contributed by atoms with Gasteiger partial charge in [-0.2, -0.15) is 5.10 Å². The molecular weight excluding hydrogens is 194 g/mol. The number of carbonyl (C=O) groups excluding carboxylic acids is 1. The second-order valence-corrected chi connectivity index (χ2v) is 3.16. The Bertz CT molecular complexity index is 301. The molecule has 1 heterocycles. The Kier molecular flexibility index (Phi) is 4.33. The Morgan fingerprint density at radius 1 is 1.47 bits per heavy atom. The lowest BCUT2D eigenvalue weighted by Gasteiger charge is -2.12. The van der Waals surface area contributed by atoms with Gasteiger partial charge in [0.2, 0.25) is 0 Å². The largest absolute Gasteiger partial charge is 0.367 e. The summed E-state index contributed by atoms with van der Waals surface area (Å²) in [5.74, 6) is 0.705. The lowest BCUT2D eigenvalue weighted by molar-refractivity contribution is 0.218. The minimum atomic E-state index is -0.101. The van der Waals surface area contributed by atoms with Crippen LogP contribution in [0.5, 0.6) is 0 Å². The van der Waals surface area contributed by atoms with E-state index in [-0.39, 0.29) is 6.03 Å². The first kappa shape index (κ1) is 11.2. The fourth-order valence-corrected chi connectivity index (χ4v) is 0.914. The lowest BCUT2D eigenvalue weighted by Crippen LogP contribution is -2.37. The van der Waals surface area contributed by atoms with Gasteiger partial charge in [0.05, 0.1) is 0 Å². The van der Waals surface area contributed by atoms with Crippen LogP contribution in [0, 0.1) is 0 Å². The molecule has 0 atom stereocenters. The van der Waals surface area contributed by atoms with Crippen LogP contribution in [0.25, 0.3) is 0 Å². The zero-order valence-electron chi connectivity index (χ0n) is 8.90. The fraction of sp³-hybridized carbons (Fsp3) is 0.444. The molecular formula is C9H15N5O. The average Bonchev–Trinajstić information content (AvgIpc) is 2.25. The summed E-state index contributed by atoms with van der Waals surface area (Å²) in [6.45, 7) is 1.17. The third kappa shape index (κ3) is 4.26. The van der Waals surface area contributed by atoms with E-state index in [2.05, 4.69) is 20.8 Å². The van der Waals surface area contributed by atoms with Gasteiger partial charge in [-0.1, -0.05) is 0 Å². The van der Waals surface area contributed by atoms with Crippen molar-refractivity contribution < 1.29 is 4.79 Å². The van der Waals surface area contributed by atoms with Crippen molar-refractivity contribution in [3.8, 4) is 0 Å². The van der Waals surface area contributed by atoms with E-state index in [0.29, 0.717) is 18.9 Å². The number of urea groups is 1. The quantitative estimate of drug-likeness (QED) is 0.693. The number of hydrogen-bond donors (Lipinski definition) is 2. The average molecular weight is 209 g/mol. The van der Waals surface area contributed by atoms with Gasteiger partial charge in [-0.25, -0.2) is 4.79 Å². The molecule has 0 unspecified atom stereocenters. The van der Waals surface area contributed by atoms with E-state index in [0.717, 1.165) is 0 Å². The number of carbonyl (C=O) groups is 1. The van der Waals surface area contributed by atoms with E-state index in [9.17, 15) is 4.79 Å². The van der Waals surface area contributed by atoms with Crippen molar-refractivity contribution in [3.63, 3.8) is 0 Å². The second kappa shape index (κ2) is 5.79. The van der Waals surface area contributed by atoms with Crippen LogP contribution in [0.3, 0.4) is 0 Å². The number of amides is 2. The Balaban J connectivity index is 2.15. The number of anilines is 1. The van der Waals surface area contributed by atoms with Gasteiger partial charge in [0.1, 0.15) is 5.82 Å². The van der Waals surface area contributed by atoms with Gasteiger partial charge in [0, 0.05) is 33.4 Å². The van der Waals surface area contributed by atoms with Crippen molar-refractivity contribution in [2.45, 2.75) is 0 Å². The smallest absolute Gasteiger partial charge is 0.316 e. The van der Waals surface area contributed by atoms with Gasteiger partial charge in [-0.05, 0) is 12.1 Å². The Morgan fingerprint density at radius 2 is 2.27 bits per heavy atom. The maximum absolute atomic E-state index is 11.1. The molecule has 15 heavy (non-hydrogen) atoms. The third-order valence-corrected chi connectivity index (χ3v) is 1.69. The van der Waals surface area contributed by atoms with Gasteiger partial charge < -0.3 is 15.5 Å². The minimum absolute atomic E-state index is 0.101. The van der Waals surface area contributed by atoms with Crippen molar-refractivity contribution in [2.24, 2.45) is 0 Å². The first-order chi connectivity index (χ1) is 7.20. The first-order valence-corrected chi connectivity index (χ1v) is 4.67. The van der Waals surface area contributed by atoms with Gasteiger partial charge in [-0.15, -0.1) is 5.10 Å². The number of hydrogen-bond acceptors (Lipinski definition) is 4. The summed E-state index contributed by atoms with van der Waals surface area (Å²) >= 11 is 0. The maximum Gasteiger partial charge on any atom is 0.316 e. The summed E-state index contributed by atoms with van der Waals surface area (Å²) in [5.41, 5.74) is 0. The molecule has 0 saturated carbocycles. The molecule has 0 aliphatic carbocycles. The highest BCUT2D eigenvalue weighted by atomic mass is 16.2. The molecule has 0 spiro atoms. The van der Waals surface area contributed by atoms with Crippen molar-refractivity contribution in [1.82, 2.24) is 20.4 Å². The zero-order chi connectivity index (χ0) is 11.1. The summed E-state index contributed by atoms with van der Waals surface area (Å²) in [4.78, 5) is 12.6. The summed E-state index contributed by atoms with van der Waals surface area (Å²) < 4.78 is 0. The zero-order valence-corrected chi connectivity index (χ0v) is 8.90. The highest BCUT2D eigenvalue weighted by Gasteiger charge is 2.00. The van der Waals surface area contributed by atoms with E-state index in [1.165, 1.54) is 4.90 Å². The first-order valence-electron chi connectivity index (χ1n) is 4.67. The van der Waals surface area contributed by atoms with Crippen LogP contribution in [-0.4, -0.2) is 48.3 Å². The van der Waals surface area contributed by atoms with Crippen LogP contribution in [0.15, 0.2) is 18.3 Å². The highest BCUT2D eigenvalue weighted by molar-refractivity contribution is 5.73. The topological polar surface area (TPSA) is 70.2 Å². The molecule has 82 valence electrons. The molecule has 0 aliphatic heterocycles. The van der Waals surface area contributed by atoms with E-state index in [4.69, 9.17) is 0 Å². The van der Waals surface area contributed by atoms with Crippen LogP contribution >= 0.6 is 0 Å². The molecule has 6 nitrogen and oxygen atoms in total. The minimum Gasteiger partial charge on any atom is -0.367 e. The number of nitrogens with one attached hydrogen (secondary N) is 2. The molecule has 0 fully saturated rings. The van der Waals surface area contributed by atoms with E-state index >= 15 is 0 Å². The number of aromatic nitrogens is 2. The molecule has 0 bridgehead atoms. The molecule has 0 aliphatic rings. The van der Waals surface area contributed by atoms with Crippen LogP contribution in [0.2, 0.25) is 0 Å². The molecule has 0 aromatic carbocycles. The molecule has 2 N–H and O–H groups in total. The Hall–Kier alpha value is -1.85. The number of nitrogens with zero attached hydrogens (tertiary/aromatic N) is 3. The van der Waals surface area contributed by atoms with Crippen LogP contribution < -0.4 is 10.6 Å². The van der Waals surface area contributed by atoms with E-state index in [1.54, 1.807) is 26.4 Å². The molecule has 1 rings (SSSR count). The molecule has 6 heteroatoms. The fourth-order valence-electron chi connectivity index (χ4n) is 0.914. The lowest BCUT2D eigenvalue weighted by atomic mass is 10.5. The summed E-state index contributed by atoms with van der Waals surface area (Å²) in [6, 6.07) is 3.52. The van der Waals surface area contributed by atoms with Crippen molar-refractivity contribution >= 4 is 11.8 Å². The van der Waals surface area contributed by atoms with E-state index < -0.39 is 0 Å². The van der Waals surface area contributed by atoms with Crippen molar-refractivity contribution in [2.75, 3.05) is 32.5 Å². The SMILES string of the molecule is CN(C)C(=O)NCCNc1cccnn1. The van der Waals surface area contributed by atoms with Crippen LogP contribution in [0.1, 0.15) is 0 Å². The van der Waals surface area contributed by atoms with Gasteiger partial charge >= 0.3 is 6.03 Å². The third-order valence-electron chi connectivity index (χ3n) is 1.69. The molecule has 0 radical (unpaired) electrons. The Morgan fingerprint density at radius 3 is 2.87 bits per heavy atom. The van der Waals surface area contributed by atoms with Gasteiger partial charge in [-0.3, -0.25) is 0 Å². The predicted molar refractivity (Wildman–Crippen MR) is 57.6 cm³/mol. The predicted octanol–water partition coefficient (Wildman–Crippen LogP) is 0.160. The van der Waals surface area contributed by atoms with E-state index in [1.807, 2.05) is 6.07 Å². The number of rotatable bonds is 4. The highest BCUT2D eigenvalue weighted by Crippen LogP contribution is 1.95. The summed E-state index contributed by atoms with van der Waals surface area (Å²) in [6.07, 6.45) is 1.61. The van der Waals surface area contributed by atoms with Gasteiger partial charge in [0.25, 0.3) is 0 Å². The monoisotopic (exact) mass is 209 g/mol. The van der Waals surface area contributed by atoms with Crippen molar-refractivity contribution in [1.29, 1.82) is 0 Å². The maximum atomic E-state index is 11.1. The molecule has 2 amide bonds. The molecule has 1 aromatic heterocycles. The van der Waals surface area contributed by atoms with Crippen molar-refractivity contribution in [3.05, 3.63) is 18.3 Å². The molecule has 0 saturated heterocycles. The summed E-state index contributed by atoms with van der Waals surface area (Å²) in [7, 11) is 3.40. The van der Waals surface area contributed by atoms with Crippen LogP contribution in [0.4, 0.5) is 10.6 Å².